The minimum Gasteiger partial charge on any atom is -0.482 e. The van der Waals surface area contributed by atoms with Crippen molar-refractivity contribution in [2.24, 2.45) is 5.92 Å². The maximum atomic E-state index is 13.1. The van der Waals surface area contributed by atoms with Crippen LogP contribution in [0.1, 0.15) is 40.0 Å². The molecule has 9 heteroatoms. The average molecular weight is 424 g/mol. The zero-order valence-electron chi connectivity index (χ0n) is 17.2. The predicted molar refractivity (Wildman–Crippen MR) is 109 cm³/mol. The van der Waals surface area contributed by atoms with E-state index in [-0.39, 0.29) is 35.9 Å². The molecule has 1 N–H and O–H groups in total. The highest BCUT2D eigenvalue weighted by atomic mass is 32.2. The molecule has 0 unspecified atom stereocenters. The van der Waals surface area contributed by atoms with E-state index in [1.54, 1.807) is 6.07 Å². The van der Waals surface area contributed by atoms with Crippen LogP contribution >= 0.6 is 0 Å². The lowest BCUT2D eigenvalue weighted by Gasteiger charge is -2.31. The van der Waals surface area contributed by atoms with Gasteiger partial charge in [0.1, 0.15) is 12.3 Å². The lowest BCUT2D eigenvalue weighted by atomic mass is 10.0. The summed E-state index contributed by atoms with van der Waals surface area (Å²) in [6.45, 7) is 6.57. The Labute approximate surface area is 172 Å². The highest BCUT2D eigenvalue weighted by Gasteiger charge is 2.32. The van der Waals surface area contributed by atoms with Gasteiger partial charge in [-0.25, -0.2) is 8.42 Å². The molecule has 1 saturated heterocycles. The third-order valence-corrected chi connectivity index (χ3v) is 7.47. The normalized spacial score (nSPS) is 19.4. The van der Waals surface area contributed by atoms with Gasteiger partial charge < -0.3 is 10.1 Å². The molecule has 8 nitrogen and oxygen atoms in total. The van der Waals surface area contributed by atoms with E-state index in [1.807, 2.05) is 13.8 Å². The Morgan fingerprint density at radius 1 is 1.31 bits per heavy atom. The first kappa shape index (κ1) is 21.6. The van der Waals surface area contributed by atoms with Gasteiger partial charge in [-0.2, -0.15) is 4.31 Å². The second kappa shape index (κ2) is 8.71. The highest BCUT2D eigenvalue weighted by molar-refractivity contribution is 7.89. The quantitative estimate of drug-likeness (QED) is 0.752. The largest absolute Gasteiger partial charge is 0.482 e. The molecular formula is C20H29N3O5S. The Kier molecular flexibility index (Phi) is 6.48. The lowest BCUT2D eigenvalue weighted by Crippen LogP contribution is -2.46. The summed E-state index contributed by atoms with van der Waals surface area (Å²) in [5.41, 5.74) is 0.312. The van der Waals surface area contributed by atoms with E-state index in [2.05, 4.69) is 12.2 Å². The SMILES string of the molecule is CC[C@@H](C)NC(=O)CN1C(=O)COc2ccc(S(=O)(=O)N3CCC(C)CC3)cc21. The van der Waals surface area contributed by atoms with Gasteiger partial charge in [0, 0.05) is 19.1 Å². The number of piperidine rings is 1. The first-order valence-electron chi connectivity index (χ1n) is 10.1. The number of benzene rings is 1. The maximum Gasteiger partial charge on any atom is 0.265 e. The van der Waals surface area contributed by atoms with Crippen molar-refractivity contribution in [3.05, 3.63) is 18.2 Å². The second-order valence-electron chi connectivity index (χ2n) is 7.86. The summed E-state index contributed by atoms with van der Waals surface area (Å²) >= 11 is 0. The number of hydrogen-bond donors (Lipinski definition) is 1. The summed E-state index contributed by atoms with van der Waals surface area (Å²) in [5, 5.41) is 2.83. The molecule has 1 fully saturated rings. The summed E-state index contributed by atoms with van der Waals surface area (Å²) < 4.78 is 33.1. The third kappa shape index (κ3) is 4.72. The molecule has 2 aliphatic rings. The van der Waals surface area contributed by atoms with Crippen molar-refractivity contribution in [3.63, 3.8) is 0 Å². The summed E-state index contributed by atoms with van der Waals surface area (Å²) in [4.78, 5) is 26.1. The van der Waals surface area contributed by atoms with Gasteiger partial charge in [0.25, 0.3) is 5.91 Å². The van der Waals surface area contributed by atoms with Crippen LogP contribution in [0.25, 0.3) is 0 Å². The second-order valence-corrected chi connectivity index (χ2v) is 9.80. The Bertz CT molecular complexity index is 878. The topological polar surface area (TPSA) is 96.0 Å². The van der Waals surface area contributed by atoms with Crippen LogP contribution in [0.2, 0.25) is 0 Å². The average Bonchev–Trinajstić information content (AvgIpc) is 2.70. The summed E-state index contributed by atoms with van der Waals surface area (Å²) in [7, 11) is -3.67. The first-order chi connectivity index (χ1) is 13.7. The number of nitrogens with one attached hydrogen (secondary N) is 1. The van der Waals surface area contributed by atoms with Crippen LogP contribution in [0.4, 0.5) is 5.69 Å². The fraction of sp³-hybridized carbons (Fsp3) is 0.600. The number of rotatable bonds is 6. The Balaban J connectivity index is 1.86. The lowest BCUT2D eigenvalue weighted by molar-refractivity contribution is -0.125. The monoisotopic (exact) mass is 423 g/mol. The molecule has 1 aromatic rings. The molecule has 2 heterocycles. The Morgan fingerprint density at radius 2 is 2.00 bits per heavy atom. The van der Waals surface area contributed by atoms with E-state index >= 15 is 0 Å². The van der Waals surface area contributed by atoms with Crippen LogP contribution < -0.4 is 15.0 Å². The number of ether oxygens (including phenoxy) is 1. The number of amides is 2. The van der Waals surface area contributed by atoms with Crippen LogP contribution in [0.5, 0.6) is 5.75 Å². The van der Waals surface area contributed by atoms with Crippen molar-refractivity contribution in [1.82, 2.24) is 9.62 Å². The molecule has 0 aromatic heterocycles. The van der Waals surface area contributed by atoms with Crippen molar-refractivity contribution in [1.29, 1.82) is 0 Å². The van der Waals surface area contributed by atoms with Crippen molar-refractivity contribution in [2.45, 2.75) is 51.0 Å². The molecule has 160 valence electrons. The molecule has 29 heavy (non-hydrogen) atoms. The Hall–Kier alpha value is -2.13. The molecule has 3 rings (SSSR count). The van der Waals surface area contributed by atoms with Gasteiger partial charge in [-0.15, -0.1) is 0 Å². The molecule has 0 radical (unpaired) electrons. The molecule has 2 aliphatic heterocycles. The molecule has 0 spiro atoms. The number of hydrogen-bond acceptors (Lipinski definition) is 5. The summed E-state index contributed by atoms with van der Waals surface area (Å²) in [6, 6.07) is 4.49. The van der Waals surface area contributed by atoms with E-state index in [1.165, 1.54) is 21.3 Å². The highest BCUT2D eigenvalue weighted by Crippen LogP contribution is 2.35. The van der Waals surface area contributed by atoms with E-state index in [0.717, 1.165) is 19.3 Å². The number of nitrogens with zero attached hydrogens (tertiary/aromatic N) is 2. The van der Waals surface area contributed by atoms with E-state index in [4.69, 9.17) is 4.74 Å². The minimum atomic E-state index is -3.67. The standard InChI is InChI=1S/C20H29N3O5S/c1-4-15(3)21-19(24)12-23-17-11-16(5-6-18(17)28-13-20(23)25)29(26,27)22-9-7-14(2)8-10-22/h5-6,11,14-15H,4,7-10,12-13H2,1-3H3,(H,21,24)/t15-/m1/s1. The van der Waals surface area contributed by atoms with Gasteiger partial charge in [0.2, 0.25) is 15.9 Å². The summed E-state index contributed by atoms with van der Waals surface area (Å²) in [6.07, 6.45) is 2.43. The van der Waals surface area contributed by atoms with Crippen LogP contribution in [-0.4, -0.2) is 56.8 Å². The van der Waals surface area contributed by atoms with Crippen LogP contribution in [0, 0.1) is 5.92 Å². The predicted octanol–water partition coefficient (Wildman–Crippen LogP) is 1.75. The minimum absolute atomic E-state index is 0.00804. The number of fused-ring (bicyclic) bond motifs is 1. The molecule has 2 amide bonds. The zero-order chi connectivity index (χ0) is 21.2. The first-order valence-corrected chi connectivity index (χ1v) is 11.5. The van der Waals surface area contributed by atoms with Gasteiger partial charge in [-0.1, -0.05) is 13.8 Å². The van der Waals surface area contributed by atoms with Crippen LogP contribution in [0.3, 0.4) is 0 Å². The van der Waals surface area contributed by atoms with Gasteiger partial charge in [-0.05, 0) is 50.3 Å². The fourth-order valence-corrected chi connectivity index (χ4v) is 4.95. The van der Waals surface area contributed by atoms with Gasteiger partial charge >= 0.3 is 0 Å². The van der Waals surface area contributed by atoms with Crippen molar-refractivity contribution < 1.29 is 22.7 Å². The van der Waals surface area contributed by atoms with Crippen LogP contribution in [-0.2, 0) is 19.6 Å². The molecular weight excluding hydrogens is 394 g/mol. The number of carbonyl (C=O) groups is 2. The molecule has 0 aliphatic carbocycles. The fourth-order valence-electron chi connectivity index (χ4n) is 3.46. The Morgan fingerprint density at radius 3 is 2.66 bits per heavy atom. The molecule has 0 saturated carbocycles. The van der Waals surface area contributed by atoms with Crippen molar-refractivity contribution >= 4 is 27.5 Å². The van der Waals surface area contributed by atoms with Crippen LogP contribution in [0.15, 0.2) is 23.1 Å². The number of anilines is 1. The van der Waals surface area contributed by atoms with Gasteiger partial charge in [0.15, 0.2) is 6.61 Å². The maximum absolute atomic E-state index is 13.1. The molecule has 1 aromatic carbocycles. The van der Waals surface area contributed by atoms with E-state index < -0.39 is 10.0 Å². The molecule has 1 atom stereocenters. The number of sulfonamides is 1. The van der Waals surface area contributed by atoms with Crippen molar-refractivity contribution in [2.75, 3.05) is 31.1 Å². The number of carbonyl (C=O) groups excluding carboxylic acids is 2. The van der Waals surface area contributed by atoms with E-state index in [0.29, 0.717) is 30.4 Å². The van der Waals surface area contributed by atoms with Crippen molar-refractivity contribution in [3.8, 4) is 5.75 Å². The van der Waals surface area contributed by atoms with Gasteiger partial charge in [-0.3, -0.25) is 14.5 Å². The third-order valence-electron chi connectivity index (χ3n) is 5.58. The smallest absolute Gasteiger partial charge is 0.265 e. The molecule has 0 bridgehead atoms. The zero-order valence-corrected chi connectivity index (χ0v) is 18.0. The van der Waals surface area contributed by atoms with E-state index in [9.17, 15) is 18.0 Å². The van der Waals surface area contributed by atoms with Gasteiger partial charge in [0.05, 0.1) is 10.6 Å². The summed E-state index contributed by atoms with van der Waals surface area (Å²) in [5.74, 6) is 0.236.